The van der Waals surface area contributed by atoms with Crippen LogP contribution in [0.4, 0.5) is 0 Å². The maximum Gasteiger partial charge on any atom is 0.268 e. The number of hydrogen-bond acceptors (Lipinski definition) is 1. The first-order chi connectivity index (χ1) is 4.93. The van der Waals surface area contributed by atoms with E-state index in [1.807, 2.05) is 0 Å². The Balaban J connectivity index is 2.09. The monoisotopic (exact) mass is 138 g/mol. The van der Waals surface area contributed by atoms with Gasteiger partial charge in [-0.25, -0.2) is 11.9 Å². The molecule has 0 spiro atoms. The molecule has 0 unspecified atom stereocenters. The van der Waals surface area contributed by atoms with Crippen LogP contribution in [0.1, 0.15) is 32.1 Å². The Bertz CT molecular complexity index is 120. The zero-order valence-corrected chi connectivity index (χ0v) is 6.27. The van der Waals surface area contributed by atoms with Gasteiger partial charge in [-0.1, -0.05) is 19.3 Å². The van der Waals surface area contributed by atoms with E-state index in [1.54, 1.807) is 0 Å². The lowest BCUT2D eigenvalue weighted by Gasteiger charge is -2.19. The van der Waals surface area contributed by atoms with E-state index in [-0.39, 0.29) is 0 Å². The molecule has 2 heteroatoms. The van der Waals surface area contributed by atoms with E-state index < -0.39 is 0 Å². The van der Waals surface area contributed by atoms with Crippen LogP contribution in [0.25, 0.3) is 4.85 Å². The van der Waals surface area contributed by atoms with Gasteiger partial charge in [0.05, 0.1) is 0 Å². The van der Waals surface area contributed by atoms with E-state index in [2.05, 4.69) is 10.2 Å². The highest BCUT2D eigenvalue weighted by atomic mass is 15.0. The van der Waals surface area contributed by atoms with Crippen LogP contribution in [0.15, 0.2) is 0 Å². The average Bonchev–Trinajstić information content (AvgIpc) is 2.03. The van der Waals surface area contributed by atoms with Gasteiger partial charge in [-0.2, -0.15) is 0 Å². The smallest absolute Gasteiger partial charge is 0.268 e. The van der Waals surface area contributed by atoms with Crippen LogP contribution in [0.3, 0.4) is 0 Å². The zero-order chi connectivity index (χ0) is 7.23. The fourth-order valence-electron chi connectivity index (χ4n) is 1.48. The van der Waals surface area contributed by atoms with Gasteiger partial charge in [-0.3, -0.25) is 4.85 Å². The molecule has 0 aromatic carbocycles. The standard InChI is InChI=1S/C8H14N2/c1-9-7-10-8-5-3-2-4-6-8/h8,10H,2-7H2. The van der Waals surface area contributed by atoms with Crippen LogP contribution < -0.4 is 5.32 Å². The third kappa shape index (κ3) is 2.36. The summed E-state index contributed by atoms with van der Waals surface area (Å²) in [7, 11) is 0. The third-order valence-electron chi connectivity index (χ3n) is 2.06. The zero-order valence-electron chi connectivity index (χ0n) is 6.27. The van der Waals surface area contributed by atoms with Crippen molar-refractivity contribution in [3.63, 3.8) is 0 Å². The average molecular weight is 138 g/mol. The largest absolute Gasteiger partial charge is 0.300 e. The van der Waals surface area contributed by atoms with Gasteiger partial charge in [0.25, 0.3) is 6.67 Å². The molecule has 1 saturated carbocycles. The van der Waals surface area contributed by atoms with Crippen molar-refractivity contribution in [1.82, 2.24) is 5.32 Å². The molecular formula is C8H14N2. The second-order valence-corrected chi connectivity index (χ2v) is 2.86. The Kier molecular flexibility index (Phi) is 3.25. The van der Waals surface area contributed by atoms with E-state index in [1.165, 1.54) is 32.1 Å². The highest BCUT2D eigenvalue weighted by Gasteiger charge is 2.12. The van der Waals surface area contributed by atoms with Crippen molar-refractivity contribution in [1.29, 1.82) is 0 Å². The first-order valence-corrected chi connectivity index (χ1v) is 4.00. The van der Waals surface area contributed by atoms with E-state index in [9.17, 15) is 0 Å². The molecule has 1 fully saturated rings. The maximum atomic E-state index is 6.58. The second kappa shape index (κ2) is 4.29. The van der Waals surface area contributed by atoms with Crippen LogP contribution >= 0.6 is 0 Å². The fourth-order valence-corrected chi connectivity index (χ4v) is 1.48. The third-order valence-corrected chi connectivity index (χ3v) is 2.06. The summed E-state index contributed by atoms with van der Waals surface area (Å²) in [4.78, 5) is 3.27. The Labute approximate surface area is 62.4 Å². The van der Waals surface area contributed by atoms with Crippen molar-refractivity contribution in [2.24, 2.45) is 0 Å². The molecule has 1 N–H and O–H groups in total. The first-order valence-electron chi connectivity index (χ1n) is 4.00. The van der Waals surface area contributed by atoms with Crippen LogP contribution in [0, 0.1) is 6.57 Å². The minimum absolute atomic E-state index is 0.505. The predicted molar refractivity (Wildman–Crippen MR) is 41.5 cm³/mol. The van der Waals surface area contributed by atoms with Crippen molar-refractivity contribution in [3.8, 4) is 0 Å². The lowest BCUT2D eigenvalue weighted by molar-refractivity contribution is 0.384. The molecule has 1 aliphatic carbocycles. The predicted octanol–water partition coefficient (Wildman–Crippen LogP) is 1.79. The van der Waals surface area contributed by atoms with E-state index in [0.29, 0.717) is 12.7 Å². The molecule has 1 rings (SSSR count). The minimum atomic E-state index is 0.505. The van der Waals surface area contributed by atoms with Crippen LogP contribution in [0.5, 0.6) is 0 Å². The highest BCUT2D eigenvalue weighted by Crippen LogP contribution is 2.16. The van der Waals surface area contributed by atoms with Gasteiger partial charge in [0.2, 0.25) is 0 Å². The number of nitrogens with zero attached hydrogens (tertiary/aromatic N) is 1. The Morgan fingerprint density at radius 1 is 1.30 bits per heavy atom. The molecule has 2 nitrogen and oxygen atoms in total. The summed E-state index contributed by atoms with van der Waals surface area (Å²) in [6, 6.07) is 0.642. The summed E-state index contributed by atoms with van der Waals surface area (Å²) in [6.45, 7) is 7.09. The topological polar surface area (TPSA) is 16.4 Å². The molecule has 0 atom stereocenters. The molecule has 10 heavy (non-hydrogen) atoms. The van der Waals surface area contributed by atoms with Gasteiger partial charge in [0.15, 0.2) is 0 Å². The maximum absolute atomic E-state index is 6.58. The molecule has 0 heterocycles. The van der Waals surface area contributed by atoms with Crippen molar-refractivity contribution in [2.45, 2.75) is 38.1 Å². The number of nitrogens with one attached hydrogen (secondary N) is 1. The quantitative estimate of drug-likeness (QED) is 0.575. The van der Waals surface area contributed by atoms with Crippen molar-refractivity contribution in [3.05, 3.63) is 11.4 Å². The summed E-state index contributed by atoms with van der Waals surface area (Å²) in [5.74, 6) is 0. The first kappa shape index (κ1) is 7.56. The lowest BCUT2D eigenvalue weighted by Crippen LogP contribution is -2.30. The normalized spacial score (nSPS) is 20.3. The Hall–Kier alpha value is -0.550. The van der Waals surface area contributed by atoms with E-state index in [0.717, 1.165) is 0 Å². The Morgan fingerprint density at radius 2 is 2.00 bits per heavy atom. The van der Waals surface area contributed by atoms with Crippen LogP contribution in [0.2, 0.25) is 0 Å². The summed E-state index contributed by atoms with van der Waals surface area (Å²) in [5, 5.41) is 3.22. The Morgan fingerprint density at radius 3 is 2.60 bits per heavy atom. The molecule has 0 saturated heterocycles. The molecule has 0 amide bonds. The number of hydrogen-bond donors (Lipinski definition) is 1. The van der Waals surface area contributed by atoms with Gasteiger partial charge in [0.1, 0.15) is 0 Å². The summed E-state index contributed by atoms with van der Waals surface area (Å²) in [6.07, 6.45) is 6.62. The molecule has 0 bridgehead atoms. The summed E-state index contributed by atoms with van der Waals surface area (Å²) in [5.41, 5.74) is 0. The fraction of sp³-hybridized carbons (Fsp3) is 0.875. The second-order valence-electron chi connectivity index (χ2n) is 2.86. The molecule has 56 valence electrons. The highest BCUT2D eigenvalue weighted by molar-refractivity contribution is 4.73. The van der Waals surface area contributed by atoms with Crippen LogP contribution in [-0.4, -0.2) is 12.7 Å². The van der Waals surface area contributed by atoms with Gasteiger partial charge in [0, 0.05) is 6.04 Å². The van der Waals surface area contributed by atoms with Gasteiger partial charge >= 0.3 is 0 Å². The molecule has 0 aliphatic heterocycles. The summed E-state index contributed by atoms with van der Waals surface area (Å²) >= 11 is 0. The molecule has 0 aromatic rings. The molecule has 0 aromatic heterocycles. The van der Waals surface area contributed by atoms with Crippen molar-refractivity contribution in [2.75, 3.05) is 6.67 Å². The number of rotatable bonds is 2. The molecular weight excluding hydrogens is 124 g/mol. The van der Waals surface area contributed by atoms with Gasteiger partial charge in [-0.15, -0.1) is 0 Å². The van der Waals surface area contributed by atoms with E-state index >= 15 is 0 Å². The molecule has 1 aliphatic rings. The van der Waals surface area contributed by atoms with Crippen LogP contribution in [-0.2, 0) is 0 Å². The van der Waals surface area contributed by atoms with Gasteiger partial charge < -0.3 is 0 Å². The molecule has 0 radical (unpaired) electrons. The van der Waals surface area contributed by atoms with Gasteiger partial charge in [-0.05, 0) is 12.8 Å². The van der Waals surface area contributed by atoms with Crippen molar-refractivity contribution < 1.29 is 0 Å². The minimum Gasteiger partial charge on any atom is -0.300 e. The summed E-state index contributed by atoms with van der Waals surface area (Å²) < 4.78 is 0. The SMILES string of the molecule is [C-]#[N+]CNC1CCCCC1. The van der Waals surface area contributed by atoms with E-state index in [4.69, 9.17) is 6.57 Å². The van der Waals surface area contributed by atoms with Crippen molar-refractivity contribution >= 4 is 0 Å². The lowest BCUT2D eigenvalue weighted by atomic mass is 9.96.